The molecule has 1 aromatic heterocycles. The Morgan fingerprint density at radius 1 is 0.727 bits per heavy atom. The van der Waals surface area contributed by atoms with Crippen molar-refractivity contribution < 1.29 is 34.1 Å². The zero-order valence-electron chi connectivity index (χ0n) is 17.1. The second-order valence-electron chi connectivity index (χ2n) is 7.86. The zero-order chi connectivity index (χ0) is 21.3. The third-order valence-electron chi connectivity index (χ3n) is 6.00. The number of benzene rings is 4. The number of hydrogen-bond donors (Lipinski definition) is 0. The molecule has 5 aromatic rings. The minimum atomic E-state index is -3.17. The molecule has 4 aromatic carbocycles. The number of para-hydroxylation sites is 3. The third kappa shape index (κ3) is 2.87. The normalized spacial score (nSPS) is 17.0. The van der Waals surface area contributed by atoms with E-state index in [1.54, 1.807) is 0 Å². The fourth-order valence-corrected chi connectivity index (χ4v) is 7.54. The van der Waals surface area contributed by atoms with Gasteiger partial charge in [-0.05, 0) is 41.4 Å². The first-order valence-corrected chi connectivity index (χ1v) is 12.0. The van der Waals surface area contributed by atoms with Crippen molar-refractivity contribution in [3.8, 4) is 34.3 Å². The van der Waals surface area contributed by atoms with Gasteiger partial charge in [-0.25, -0.2) is 0 Å². The molecule has 0 N–H and O–H groups in total. The molecule has 0 bridgehead atoms. The van der Waals surface area contributed by atoms with Gasteiger partial charge in [-0.1, -0.05) is 66.7 Å². The Morgan fingerprint density at radius 2 is 1.39 bits per heavy atom. The molecular weight excluding hydrogens is 609 g/mol. The van der Waals surface area contributed by atoms with E-state index in [0.29, 0.717) is 38.9 Å². The van der Waals surface area contributed by atoms with Crippen LogP contribution in [0, 0.1) is 6.07 Å². The van der Waals surface area contributed by atoms with Crippen LogP contribution in [0.5, 0.6) is 23.0 Å². The van der Waals surface area contributed by atoms with Crippen LogP contribution < -0.4 is 25.4 Å². The second-order valence-corrected chi connectivity index (χ2v) is 10.5. The molecule has 0 saturated carbocycles. The van der Waals surface area contributed by atoms with Crippen LogP contribution >= 0.6 is 7.14 Å². The summed E-state index contributed by atoms with van der Waals surface area (Å²) < 4.78 is 27.2. The van der Waals surface area contributed by atoms with E-state index >= 15 is 0 Å². The summed E-state index contributed by atoms with van der Waals surface area (Å²) in [6, 6.07) is 32.2. The number of nitrogens with zero attached hydrogens (tertiary/aromatic N) is 1. The van der Waals surface area contributed by atoms with Crippen molar-refractivity contribution in [2.45, 2.75) is 0 Å². The maximum atomic E-state index is 14.8. The van der Waals surface area contributed by atoms with Crippen LogP contribution in [0.15, 0.2) is 91.0 Å². The first-order valence-electron chi connectivity index (χ1n) is 10.3. The van der Waals surface area contributed by atoms with Crippen molar-refractivity contribution in [2.24, 2.45) is 0 Å². The van der Waals surface area contributed by atoms with Crippen LogP contribution in [0.4, 0.5) is 0 Å². The fourth-order valence-electron chi connectivity index (χ4n) is 4.54. The van der Waals surface area contributed by atoms with Crippen molar-refractivity contribution in [2.75, 3.05) is 0 Å². The predicted molar refractivity (Wildman–Crippen MR) is 126 cm³/mol. The van der Waals surface area contributed by atoms with E-state index in [1.165, 1.54) is 0 Å². The van der Waals surface area contributed by atoms with Gasteiger partial charge < -0.3 is 14.0 Å². The second kappa shape index (κ2) is 7.40. The SMILES string of the molecule is O=P12c3ccccc3Oc3[c-]c(-c4ccc5ccccc5n4)cc(c31)Oc1ccccc12.[Ir]. The summed E-state index contributed by atoms with van der Waals surface area (Å²) in [4.78, 5) is 4.80. The van der Waals surface area contributed by atoms with E-state index in [-0.39, 0.29) is 20.1 Å². The Balaban J connectivity index is 0.00000206. The van der Waals surface area contributed by atoms with Crippen molar-refractivity contribution in [1.82, 2.24) is 4.98 Å². The standard InChI is InChI=1S/C27H15NO3P.Ir/c29-32-25-11-5-3-9-21(25)30-23-15-18(20-14-13-17-7-1-2-8-19(17)28-20)16-24(27(23)32)31-22-10-4-6-12-26(22)32;/h1-15H;/q-1;. The van der Waals surface area contributed by atoms with Gasteiger partial charge >= 0.3 is 0 Å². The Labute approximate surface area is 203 Å². The number of ether oxygens (including phenoxy) is 2. The molecule has 1 atom stereocenters. The summed E-state index contributed by atoms with van der Waals surface area (Å²) in [5.41, 5.74) is 2.38. The van der Waals surface area contributed by atoms with Gasteiger partial charge in [0.1, 0.15) is 18.6 Å². The molecule has 0 spiro atoms. The number of rotatable bonds is 1. The molecule has 161 valence electrons. The molecule has 6 heteroatoms. The van der Waals surface area contributed by atoms with Crippen LogP contribution in [0.2, 0.25) is 0 Å². The molecule has 2 aliphatic rings. The average Bonchev–Trinajstić information content (AvgIpc) is 2.84. The van der Waals surface area contributed by atoms with Crippen LogP contribution in [0.25, 0.3) is 22.2 Å². The van der Waals surface area contributed by atoms with Gasteiger partial charge in [0.25, 0.3) is 0 Å². The van der Waals surface area contributed by atoms with Crippen molar-refractivity contribution >= 4 is 34.0 Å². The fraction of sp³-hybridized carbons (Fsp3) is 0. The molecule has 3 heterocycles. The van der Waals surface area contributed by atoms with E-state index in [0.717, 1.165) is 22.2 Å². The largest absolute Gasteiger partial charge is 0.475 e. The van der Waals surface area contributed by atoms with Crippen molar-refractivity contribution in [3.63, 3.8) is 0 Å². The van der Waals surface area contributed by atoms with Gasteiger partial charge in [0.2, 0.25) is 0 Å². The number of fused-ring (bicyclic) bond motifs is 5. The minimum absolute atomic E-state index is 0. The topological polar surface area (TPSA) is 48.4 Å². The third-order valence-corrected chi connectivity index (χ3v) is 9.15. The van der Waals surface area contributed by atoms with E-state index in [1.807, 2.05) is 91.0 Å². The number of hydrogen-bond acceptors (Lipinski definition) is 4. The molecule has 0 aliphatic carbocycles. The van der Waals surface area contributed by atoms with Crippen LogP contribution in [-0.4, -0.2) is 4.98 Å². The van der Waals surface area contributed by atoms with Gasteiger partial charge in [0, 0.05) is 25.4 Å². The summed E-state index contributed by atoms with van der Waals surface area (Å²) in [7, 11) is -3.17. The van der Waals surface area contributed by atoms with E-state index in [4.69, 9.17) is 14.5 Å². The van der Waals surface area contributed by atoms with E-state index in [9.17, 15) is 4.57 Å². The molecule has 1 radical (unpaired) electrons. The summed E-state index contributed by atoms with van der Waals surface area (Å²) >= 11 is 0. The Bertz CT molecular complexity index is 1560. The van der Waals surface area contributed by atoms with Crippen LogP contribution in [-0.2, 0) is 24.7 Å². The number of aromatic nitrogens is 1. The molecule has 0 fully saturated rings. The minimum Gasteiger partial charge on any atom is -0.475 e. The van der Waals surface area contributed by atoms with E-state index in [2.05, 4.69) is 6.07 Å². The summed E-state index contributed by atoms with van der Waals surface area (Å²) in [5, 5.41) is 3.01. The smallest absolute Gasteiger partial charge is 0.149 e. The van der Waals surface area contributed by atoms with Crippen molar-refractivity contribution in [1.29, 1.82) is 0 Å². The van der Waals surface area contributed by atoms with Gasteiger partial charge in [-0.2, -0.15) is 0 Å². The molecule has 1 unspecified atom stereocenters. The molecule has 33 heavy (non-hydrogen) atoms. The maximum absolute atomic E-state index is 14.8. The molecule has 4 nitrogen and oxygen atoms in total. The predicted octanol–water partition coefficient (Wildman–Crippen LogP) is 5.55. The summed E-state index contributed by atoms with van der Waals surface area (Å²) in [6.07, 6.45) is 0. The van der Waals surface area contributed by atoms with Crippen LogP contribution in [0.3, 0.4) is 0 Å². The molecule has 2 aliphatic heterocycles. The number of pyridine rings is 1. The van der Waals surface area contributed by atoms with Crippen LogP contribution in [0.1, 0.15) is 0 Å². The van der Waals surface area contributed by atoms with Gasteiger partial charge in [0.15, 0.2) is 0 Å². The Morgan fingerprint density at radius 3 is 2.18 bits per heavy atom. The molecule has 0 amide bonds. The average molecular weight is 625 g/mol. The Kier molecular flexibility index (Phi) is 4.57. The van der Waals surface area contributed by atoms with Gasteiger partial charge in [-0.15, -0.1) is 5.56 Å². The molecular formula is C27H15IrNO3P-. The van der Waals surface area contributed by atoms with E-state index < -0.39 is 7.14 Å². The molecule has 0 saturated heterocycles. The first-order chi connectivity index (χ1) is 15.7. The summed E-state index contributed by atoms with van der Waals surface area (Å²) in [5.74, 6) is 2.16. The quantitative estimate of drug-likeness (QED) is 0.178. The Hall–Kier alpha value is -3.23. The van der Waals surface area contributed by atoms with Crippen molar-refractivity contribution in [3.05, 3.63) is 97.1 Å². The summed E-state index contributed by atoms with van der Waals surface area (Å²) in [6.45, 7) is 0. The monoisotopic (exact) mass is 625 g/mol. The zero-order valence-corrected chi connectivity index (χ0v) is 20.4. The van der Waals surface area contributed by atoms with Gasteiger partial charge in [-0.3, -0.25) is 4.98 Å². The first kappa shape index (κ1) is 20.4. The van der Waals surface area contributed by atoms with Gasteiger partial charge in [0.05, 0.1) is 27.6 Å². The molecule has 7 rings (SSSR count). The maximum Gasteiger partial charge on any atom is 0.149 e.